The maximum Gasteiger partial charge on any atom is 0.101 e. The zero-order valence-electron chi connectivity index (χ0n) is 12.0. The third kappa shape index (κ3) is 3.10. The van der Waals surface area contributed by atoms with Gasteiger partial charge in [-0.25, -0.2) is 0 Å². The second kappa shape index (κ2) is 6.71. The molecule has 2 atom stereocenters. The molecule has 5 heteroatoms. The molecule has 1 aliphatic rings. The summed E-state index contributed by atoms with van der Waals surface area (Å²) < 4.78 is 5.54. The van der Waals surface area contributed by atoms with Crippen LogP contribution in [0.2, 0.25) is 0 Å². The lowest BCUT2D eigenvalue weighted by molar-refractivity contribution is -0.0103. The Kier molecular flexibility index (Phi) is 4.96. The molecule has 108 valence electrons. The topological polar surface area (TPSA) is 68.5 Å². The lowest BCUT2D eigenvalue weighted by atomic mass is 10.1. The van der Waals surface area contributed by atoms with E-state index in [1.165, 1.54) is 0 Å². The molecule has 2 unspecified atom stereocenters. The van der Waals surface area contributed by atoms with Crippen molar-refractivity contribution >= 4 is 5.69 Å². The van der Waals surface area contributed by atoms with Gasteiger partial charge >= 0.3 is 0 Å². The molecule has 1 aromatic rings. The Morgan fingerprint density at radius 1 is 1.55 bits per heavy atom. The highest BCUT2D eigenvalue weighted by molar-refractivity contribution is 5.61. The summed E-state index contributed by atoms with van der Waals surface area (Å²) in [5, 5.41) is 21.7. The van der Waals surface area contributed by atoms with Crippen molar-refractivity contribution in [1.82, 2.24) is 5.32 Å². The van der Waals surface area contributed by atoms with Crippen LogP contribution < -0.4 is 10.2 Å². The number of ether oxygens (including phenoxy) is 1. The standard InChI is InChI=1S/C15H21N3O2/c1-11-10-20-14(9-19)8-18(11)15-4-3-12(7-17-2)5-13(15)6-16/h3-5,11,14,17,19H,7-10H2,1-2H3. The summed E-state index contributed by atoms with van der Waals surface area (Å²) in [6.07, 6.45) is -0.185. The first-order valence-corrected chi connectivity index (χ1v) is 6.86. The van der Waals surface area contributed by atoms with Crippen LogP contribution in [0.4, 0.5) is 5.69 Å². The normalized spacial score (nSPS) is 22.6. The highest BCUT2D eigenvalue weighted by Gasteiger charge is 2.27. The van der Waals surface area contributed by atoms with E-state index in [9.17, 15) is 10.4 Å². The molecule has 0 saturated carbocycles. The van der Waals surface area contributed by atoms with Crippen LogP contribution in [-0.2, 0) is 11.3 Å². The lowest BCUT2D eigenvalue weighted by Crippen LogP contribution is -2.49. The van der Waals surface area contributed by atoms with Crippen LogP contribution in [0.15, 0.2) is 18.2 Å². The van der Waals surface area contributed by atoms with Gasteiger partial charge < -0.3 is 20.1 Å². The minimum Gasteiger partial charge on any atom is -0.394 e. The van der Waals surface area contributed by atoms with Crippen molar-refractivity contribution in [2.75, 3.05) is 31.7 Å². The number of hydrogen-bond donors (Lipinski definition) is 2. The van der Waals surface area contributed by atoms with Crippen LogP contribution in [-0.4, -0.2) is 44.1 Å². The molecule has 2 rings (SSSR count). The highest BCUT2D eigenvalue weighted by Crippen LogP contribution is 2.26. The molecular weight excluding hydrogens is 254 g/mol. The Morgan fingerprint density at radius 3 is 3.00 bits per heavy atom. The molecule has 0 amide bonds. The number of aliphatic hydroxyl groups is 1. The predicted octanol–water partition coefficient (Wildman–Crippen LogP) is 0.864. The van der Waals surface area contributed by atoms with E-state index in [4.69, 9.17) is 4.74 Å². The summed E-state index contributed by atoms with van der Waals surface area (Å²) in [6, 6.07) is 8.40. The Labute approximate surface area is 119 Å². The fourth-order valence-electron chi connectivity index (χ4n) is 2.50. The number of hydrogen-bond acceptors (Lipinski definition) is 5. The molecule has 1 heterocycles. The summed E-state index contributed by atoms with van der Waals surface area (Å²) in [5.41, 5.74) is 2.68. The Bertz CT molecular complexity index is 498. The molecule has 0 radical (unpaired) electrons. The molecule has 0 bridgehead atoms. The van der Waals surface area contributed by atoms with E-state index in [2.05, 4.69) is 23.2 Å². The van der Waals surface area contributed by atoms with Crippen molar-refractivity contribution in [3.8, 4) is 6.07 Å². The van der Waals surface area contributed by atoms with Crippen LogP contribution in [0.25, 0.3) is 0 Å². The van der Waals surface area contributed by atoms with Gasteiger partial charge in [0.1, 0.15) is 6.07 Å². The van der Waals surface area contributed by atoms with Crippen LogP contribution in [0, 0.1) is 11.3 Å². The van der Waals surface area contributed by atoms with Crippen LogP contribution in [0.3, 0.4) is 0 Å². The first-order valence-electron chi connectivity index (χ1n) is 6.86. The molecule has 0 aliphatic carbocycles. The minimum absolute atomic E-state index is 0.00292. The SMILES string of the molecule is CNCc1ccc(N2CC(CO)OCC2C)c(C#N)c1. The fraction of sp³-hybridized carbons (Fsp3) is 0.533. The second-order valence-electron chi connectivity index (χ2n) is 5.13. The summed E-state index contributed by atoms with van der Waals surface area (Å²) in [7, 11) is 1.88. The van der Waals surface area contributed by atoms with Gasteiger partial charge in [0.05, 0.1) is 30.6 Å². The number of benzene rings is 1. The van der Waals surface area contributed by atoms with Gasteiger partial charge in [-0.3, -0.25) is 0 Å². The molecule has 5 nitrogen and oxygen atoms in total. The maximum absolute atomic E-state index is 9.37. The number of nitriles is 1. The van der Waals surface area contributed by atoms with Crippen molar-refractivity contribution in [2.24, 2.45) is 0 Å². The van der Waals surface area contributed by atoms with Gasteiger partial charge in [-0.2, -0.15) is 5.26 Å². The van der Waals surface area contributed by atoms with Crippen molar-refractivity contribution in [2.45, 2.75) is 25.6 Å². The lowest BCUT2D eigenvalue weighted by Gasteiger charge is -2.39. The number of morpholine rings is 1. The van der Waals surface area contributed by atoms with Crippen molar-refractivity contribution in [3.05, 3.63) is 29.3 Å². The molecule has 0 aromatic heterocycles. The molecule has 20 heavy (non-hydrogen) atoms. The number of anilines is 1. The van der Waals surface area contributed by atoms with Gasteiger partial charge in [-0.15, -0.1) is 0 Å². The van der Waals surface area contributed by atoms with E-state index < -0.39 is 0 Å². The largest absolute Gasteiger partial charge is 0.394 e. The Morgan fingerprint density at radius 2 is 2.35 bits per heavy atom. The summed E-state index contributed by atoms with van der Waals surface area (Å²) >= 11 is 0. The number of nitrogens with one attached hydrogen (secondary N) is 1. The fourth-order valence-corrected chi connectivity index (χ4v) is 2.50. The van der Waals surface area contributed by atoms with E-state index in [1.54, 1.807) is 0 Å². The van der Waals surface area contributed by atoms with Crippen LogP contribution >= 0.6 is 0 Å². The molecule has 2 N–H and O–H groups in total. The first kappa shape index (κ1) is 14.8. The Hall–Kier alpha value is -1.61. The average molecular weight is 275 g/mol. The molecule has 0 spiro atoms. The van der Waals surface area contributed by atoms with E-state index >= 15 is 0 Å². The molecule has 1 fully saturated rings. The minimum atomic E-state index is -0.185. The summed E-state index contributed by atoms with van der Waals surface area (Å²) in [5.74, 6) is 0. The van der Waals surface area contributed by atoms with Crippen molar-refractivity contribution in [3.63, 3.8) is 0 Å². The van der Waals surface area contributed by atoms with E-state index in [1.807, 2.05) is 25.2 Å². The molecule has 1 aromatic carbocycles. The second-order valence-corrected chi connectivity index (χ2v) is 5.13. The van der Waals surface area contributed by atoms with Crippen molar-refractivity contribution in [1.29, 1.82) is 5.26 Å². The van der Waals surface area contributed by atoms with Gasteiger partial charge in [0.25, 0.3) is 0 Å². The van der Waals surface area contributed by atoms with Gasteiger partial charge in [0.2, 0.25) is 0 Å². The monoisotopic (exact) mass is 275 g/mol. The average Bonchev–Trinajstić information content (AvgIpc) is 2.48. The molecule has 1 aliphatic heterocycles. The zero-order chi connectivity index (χ0) is 14.5. The molecular formula is C15H21N3O2. The van der Waals surface area contributed by atoms with E-state index in [0.29, 0.717) is 18.7 Å². The predicted molar refractivity (Wildman–Crippen MR) is 77.6 cm³/mol. The third-order valence-electron chi connectivity index (χ3n) is 3.58. The smallest absolute Gasteiger partial charge is 0.101 e. The summed E-state index contributed by atoms with van der Waals surface area (Å²) in [4.78, 5) is 2.14. The van der Waals surface area contributed by atoms with Gasteiger partial charge in [-0.1, -0.05) is 6.07 Å². The first-order chi connectivity index (χ1) is 9.69. The van der Waals surface area contributed by atoms with Crippen molar-refractivity contribution < 1.29 is 9.84 Å². The van der Waals surface area contributed by atoms with Crippen LogP contribution in [0.1, 0.15) is 18.1 Å². The number of aliphatic hydroxyl groups excluding tert-OH is 1. The van der Waals surface area contributed by atoms with E-state index in [0.717, 1.165) is 17.8 Å². The Balaban J connectivity index is 2.28. The molecule has 1 saturated heterocycles. The third-order valence-corrected chi connectivity index (χ3v) is 3.58. The maximum atomic E-state index is 9.37. The number of nitrogens with zero attached hydrogens (tertiary/aromatic N) is 2. The van der Waals surface area contributed by atoms with Gasteiger partial charge in [-0.05, 0) is 31.7 Å². The van der Waals surface area contributed by atoms with Crippen LogP contribution in [0.5, 0.6) is 0 Å². The van der Waals surface area contributed by atoms with Gasteiger partial charge in [0.15, 0.2) is 0 Å². The quantitative estimate of drug-likeness (QED) is 0.853. The number of rotatable bonds is 4. The van der Waals surface area contributed by atoms with E-state index in [-0.39, 0.29) is 18.8 Å². The summed E-state index contributed by atoms with van der Waals surface area (Å²) in [6.45, 7) is 3.98. The zero-order valence-corrected chi connectivity index (χ0v) is 12.0. The highest BCUT2D eigenvalue weighted by atomic mass is 16.5. The van der Waals surface area contributed by atoms with Gasteiger partial charge in [0, 0.05) is 19.1 Å².